The molecule has 0 aliphatic rings. The number of halogens is 2. The molecule has 0 aliphatic carbocycles. The fourth-order valence-corrected chi connectivity index (χ4v) is 2.62. The van der Waals surface area contributed by atoms with Crippen molar-refractivity contribution in [1.29, 1.82) is 0 Å². The molecule has 0 amide bonds. The van der Waals surface area contributed by atoms with Gasteiger partial charge in [-0.3, -0.25) is 0 Å². The van der Waals surface area contributed by atoms with Crippen LogP contribution in [-0.2, 0) is 4.74 Å². The summed E-state index contributed by atoms with van der Waals surface area (Å²) >= 11 is 6.91. The summed E-state index contributed by atoms with van der Waals surface area (Å²) in [5.41, 5.74) is 1.68. The van der Waals surface area contributed by atoms with Crippen LogP contribution in [0.5, 0.6) is 0 Å². The first kappa shape index (κ1) is 12.7. The summed E-state index contributed by atoms with van der Waals surface area (Å²) in [6, 6.07) is 5.47. The van der Waals surface area contributed by atoms with Gasteiger partial charge in [0.2, 0.25) is 0 Å². The number of rotatable bonds is 3. The van der Waals surface area contributed by atoms with E-state index < -0.39 is 0 Å². The highest BCUT2D eigenvalue weighted by atomic mass is 79.9. The minimum atomic E-state index is -0.285. The largest absolute Gasteiger partial charge is 0.462 e. The minimum Gasteiger partial charge on any atom is -0.462 e. The van der Waals surface area contributed by atoms with Gasteiger partial charge in [-0.05, 0) is 31.5 Å². The third kappa shape index (κ3) is 3.31. The summed E-state index contributed by atoms with van der Waals surface area (Å²) in [5.74, 6) is -0.285. The van der Waals surface area contributed by atoms with E-state index in [0.29, 0.717) is 12.2 Å². The quantitative estimate of drug-likeness (QED) is 0.614. The molecule has 1 atom stereocenters. The average molecular weight is 336 g/mol. The number of carbonyl (C=O) groups is 1. The zero-order valence-corrected chi connectivity index (χ0v) is 11.8. The lowest BCUT2D eigenvalue weighted by Crippen LogP contribution is -2.04. The molecule has 0 radical (unpaired) electrons. The van der Waals surface area contributed by atoms with Crippen LogP contribution in [0.15, 0.2) is 22.7 Å². The molecule has 0 spiro atoms. The van der Waals surface area contributed by atoms with Crippen LogP contribution in [0.1, 0.15) is 34.6 Å². The van der Waals surface area contributed by atoms with Crippen molar-refractivity contribution in [3.63, 3.8) is 0 Å². The molecule has 4 heteroatoms. The van der Waals surface area contributed by atoms with Gasteiger partial charge in [-0.1, -0.05) is 37.9 Å². The summed E-state index contributed by atoms with van der Waals surface area (Å²) < 4.78 is 5.83. The maximum atomic E-state index is 11.4. The predicted octanol–water partition coefficient (Wildman–Crippen LogP) is 4.08. The third-order valence-corrected chi connectivity index (χ3v) is 3.12. The molecule has 82 valence electrons. The highest BCUT2D eigenvalue weighted by molar-refractivity contribution is 9.11. The molecular formula is C11H12Br2O2. The molecule has 0 saturated carbocycles. The molecule has 1 aromatic carbocycles. The Balaban J connectivity index is 2.96. The van der Waals surface area contributed by atoms with Crippen LogP contribution in [-0.4, -0.2) is 12.6 Å². The highest BCUT2D eigenvalue weighted by Crippen LogP contribution is 2.29. The number of ether oxygens (including phenoxy) is 1. The van der Waals surface area contributed by atoms with Gasteiger partial charge < -0.3 is 4.74 Å². The van der Waals surface area contributed by atoms with Gasteiger partial charge in [0.25, 0.3) is 0 Å². The molecule has 0 aromatic heterocycles. The van der Waals surface area contributed by atoms with E-state index in [9.17, 15) is 4.79 Å². The molecule has 1 unspecified atom stereocenters. The van der Waals surface area contributed by atoms with Crippen molar-refractivity contribution < 1.29 is 9.53 Å². The molecule has 0 saturated heterocycles. The molecule has 0 fully saturated rings. The Kier molecular flexibility index (Phi) is 4.80. The lowest BCUT2D eigenvalue weighted by molar-refractivity contribution is 0.0526. The second-order valence-corrected chi connectivity index (χ2v) is 5.30. The van der Waals surface area contributed by atoms with E-state index in [-0.39, 0.29) is 10.8 Å². The number of benzene rings is 1. The second-order valence-electron chi connectivity index (χ2n) is 3.07. The minimum absolute atomic E-state index is 0.253. The number of carbonyl (C=O) groups excluding carboxylic acids is 1. The molecule has 0 N–H and O–H groups in total. The molecule has 2 nitrogen and oxygen atoms in total. The van der Waals surface area contributed by atoms with Crippen LogP contribution in [0.3, 0.4) is 0 Å². The van der Waals surface area contributed by atoms with Crippen LogP contribution < -0.4 is 0 Å². The summed E-state index contributed by atoms with van der Waals surface area (Å²) in [6.07, 6.45) is 0. The van der Waals surface area contributed by atoms with Crippen molar-refractivity contribution in [3.05, 3.63) is 33.8 Å². The zero-order chi connectivity index (χ0) is 11.4. The van der Waals surface area contributed by atoms with Gasteiger partial charge in [-0.2, -0.15) is 0 Å². The standard InChI is InChI=1S/C11H12Br2O2/c1-3-15-11(14)8-4-5-9(7(2)12)10(13)6-8/h4-7H,3H2,1-2H3. The monoisotopic (exact) mass is 334 g/mol. The SMILES string of the molecule is CCOC(=O)c1ccc(C(C)Br)c(Br)c1. The Bertz CT molecular complexity index is 362. The van der Waals surface area contributed by atoms with E-state index in [1.165, 1.54) is 0 Å². The van der Waals surface area contributed by atoms with Gasteiger partial charge in [0, 0.05) is 9.30 Å². The first-order chi connectivity index (χ1) is 7.06. The molecule has 1 rings (SSSR count). The third-order valence-electron chi connectivity index (χ3n) is 1.94. The lowest BCUT2D eigenvalue weighted by Gasteiger charge is -2.08. The van der Waals surface area contributed by atoms with Crippen molar-refractivity contribution in [2.75, 3.05) is 6.61 Å². The van der Waals surface area contributed by atoms with Crippen molar-refractivity contribution in [2.45, 2.75) is 18.7 Å². The number of hydrogen-bond acceptors (Lipinski definition) is 2. The molecule has 0 heterocycles. The maximum absolute atomic E-state index is 11.4. The molecule has 1 aromatic rings. The predicted molar refractivity (Wildman–Crippen MR) is 67.4 cm³/mol. The van der Waals surface area contributed by atoms with Crippen LogP contribution in [0, 0.1) is 0 Å². The van der Waals surface area contributed by atoms with Crippen LogP contribution in [0.25, 0.3) is 0 Å². The average Bonchev–Trinajstić information content (AvgIpc) is 2.17. The van der Waals surface area contributed by atoms with E-state index in [1.54, 1.807) is 19.1 Å². The van der Waals surface area contributed by atoms with Gasteiger partial charge in [0.05, 0.1) is 12.2 Å². The summed E-state index contributed by atoms with van der Waals surface area (Å²) in [7, 11) is 0. The second kappa shape index (κ2) is 5.66. The van der Waals surface area contributed by atoms with E-state index >= 15 is 0 Å². The van der Waals surface area contributed by atoms with Gasteiger partial charge in [0.15, 0.2) is 0 Å². The maximum Gasteiger partial charge on any atom is 0.338 e. The number of alkyl halides is 1. The van der Waals surface area contributed by atoms with Crippen molar-refractivity contribution >= 4 is 37.8 Å². The van der Waals surface area contributed by atoms with E-state index in [4.69, 9.17) is 4.74 Å². The molecule has 0 bridgehead atoms. The van der Waals surface area contributed by atoms with Crippen LogP contribution in [0.4, 0.5) is 0 Å². The fourth-order valence-electron chi connectivity index (χ4n) is 1.19. The first-order valence-corrected chi connectivity index (χ1v) is 6.37. The normalized spacial score (nSPS) is 12.3. The zero-order valence-electron chi connectivity index (χ0n) is 8.59. The Labute approximate surface area is 106 Å². The Hall–Kier alpha value is -0.350. The van der Waals surface area contributed by atoms with Gasteiger partial charge in [-0.15, -0.1) is 0 Å². The van der Waals surface area contributed by atoms with Crippen molar-refractivity contribution in [2.24, 2.45) is 0 Å². The van der Waals surface area contributed by atoms with Crippen LogP contribution >= 0.6 is 31.9 Å². The molecule has 0 aliphatic heterocycles. The molecular weight excluding hydrogens is 324 g/mol. The molecule has 15 heavy (non-hydrogen) atoms. The summed E-state index contributed by atoms with van der Waals surface area (Å²) in [6.45, 7) is 4.22. The Morgan fingerprint density at radius 3 is 2.67 bits per heavy atom. The summed E-state index contributed by atoms with van der Waals surface area (Å²) in [5, 5.41) is 0. The highest BCUT2D eigenvalue weighted by Gasteiger charge is 2.11. The topological polar surface area (TPSA) is 26.3 Å². The van der Waals surface area contributed by atoms with Crippen LogP contribution in [0.2, 0.25) is 0 Å². The van der Waals surface area contributed by atoms with Crippen molar-refractivity contribution in [3.8, 4) is 0 Å². The first-order valence-electron chi connectivity index (χ1n) is 4.67. The van der Waals surface area contributed by atoms with Gasteiger partial charge in [-0.25, -0.2) is 4.79 Å². The number of hydrogen-bond donors (Lipinski definition) is 0. The number of esters is 1. The van der Waals surface area contributed by atoms with E-state index in [0.717, 1.165) is 10.0 Å². The van der Waals surface area contributed by atoms with E-state index in [2.05, 4.69) is 31.9 Å². The lowest BCUT2D eigenvalue weighted by atomic mass is 10.1. The van der Waals surface area contributed by atoms with Crippen molar-refractivity contribution in [1.82, 2.24) is 0 Å². The Morgan fingerprint density at radius 1 is 1.53 bits per heavy atom. The summed E-state index contributed by atoms with van der Waals surface area (Å²) in [4.78, 5) is 11.7. The Morgan fingerprint density at radius 2 is 2.20 bits per heavy atom. The van der Waals surface area contributed by atoms with Gasteiger partial charge in [0.1, 0.15) is 0 Å². The van der Waals surface area contributed by atoms with E-state index in [1.807, 2.05) is 13.0 Å². The smallest absolute Gasteiger partial charge is 0.338 e. The fraction of sp³-hybridized carbons (Fsp3) is 0.364. The van der Waals surface area contributed by atoms with Gasteiger partial charge >= 0.3 is 5.97 Å².